The van der Waals surface area contributed by atoms with Gasteiger partial charge in [-0.15, -0.1) is 11.3 Å². The van der Waals surface area contributed by atoms with Gasteiger partial charge in [0.15, 0.2) is 19.0 Å². The van der Waals surface area contributed by atoms with Gasteiger partial charge in [0.05, 0.1) is 44.8 Å². The normalized spacial score (nSPS) is 20.0. The first-order valence-corrected chi connectivity index (χ1v) is 15.2. The molecule has 0 N–H and O–H groups in total. The number of halogens is 2. The Balaban J connectivity index is 1.74. The molecule has 2 aromatic carbocycles. The lowest BCUT2D eigenvalue weighted by Gasteiger charge is -2.46. The van der Waals surface area contributed by atoms with E-state index < -0.39 is 7.36 Å². The maximum absolute atomic E-state index is 6.73. The molecule has 37 heavy (non-hydrogen) atoms. The number of aromatic nitrogens is 2. The lowest BCUT2D eigenvalue weighted by molar-refractivity contribution is 0.0732. The molecule has 0 unspecified atom stereocenters. The molecule has 0 saturated carbocycles. The largest absolute Gasteiger partial charge is 0.379 e. The van der Waals surface area contributed by atoms with Crippen molar-refractivity contribution in [1.82, 2.24) is 19.1 Å². The van der Waals surface area contributed by atoms with Crippen molar-refractivity contribution in [2.75, 3.05) is 33.4 Å². The summed E-state index contributed by atoms with van der Waals surface area (Å²) in [6.45, 7) is 4.71. The van der Waals surface area contributed by atoms with Crippen molar-refractivity contribution in [2.45, 2.75) is 6.92 Å². The van der Waals surface area contributed by atoms with E-state index in [4.69, 9.17) is 42.8 Å². The Hall–Kier alpha value is -2.45. The molecule has 0 aliphatic carbocycles. The van der Waals surface area contributed by atoms with Crippen LogP contribution in [0.25, 0.3) is 5.69 Å². The number of ether oxygens (including phenoxy) is 1. The first kappa shape index (κ1) is 24.9. The molecule has 2 aromatic heterocycles. The Kier molecular flexibility index (Phi) is 6.74. The second-order valence-electron chi connectivity index (χ2n) is 8.75. The van der Waals surface area contributed by atoms with Crippen LogP contribution in [0, 0.1) is 6.92 Å². The number of aryl methyl sites for hydroxylation is 1. The molecule has 190 valence electrons. The predicted octanol–water partition coefficient (Wildman–Crippen LogP) is 6.89. The third-order valence-corrected chi connectivity index (χ3v) is 11.8. The summed E-state index contributed by atoms with van der Waals surface area (Å²) in [6.07, 6.45) is 0. The van der Waals surface area contributed by atoms with Crippen molar-refractivity contribution >= 4 is 64.5 Å². The van der Waals surface area contributed by atoms with E-state index in [0.717, 1.165) is 46.3 Å². The van der Waals surface area contributed by atoms with E-state index in [-0.39, 0.29) is 0 Å². The van der Waals surface area contributed by atoms with E-state index in [1.807, 2.05) is 66.2 Å². The third kappa shape index (κ3) is 4.16. The Morgan fingerprint density at radius 2 is 1.70 bits per heavy atom. The van der Waals surface area contributed by atoms with Gasteiger partial charge in [0, 0.05) is 20.1 Å². The zero-order valence-corrected chi connectivity index (χ0v) is 23.6. The quantitative estimate of drug-likeness (QED) is 0.250. The van der Waals surface area contributed by atoms with Crippen molar-refractivity contribution in [3.8, 4) is 5.69 Å². The number of fused-ring (bicyclic) bond motifs is 1. The van der Waals surface area contributed by atoms with Gasteiger partial charge >= 0.3 is 0 Å². The standard InChI is InChI=1S/C26H25Cl2N6OPS/c1-18-24-26(34(30-18)19-8-4-3-5-9-19)29-25(22-12-7-17-37-22)32(2)36(24,33-13-15-35-16-14-33)31-23-20(27)10-6-11-21(23)28/h3-12,17H,13-16H2,1-2H3/t36-/m1/s1. The number of hydrogen-bond donors (Lipinski definition) is 0. The van der Waals surface area contributed by atoms with Crippen LogP contribution in [0.3, 0.4) is 0 Å². The van der Waals surface area contributed by atoms with E-state index >= 15 is 0 Å². The molecule has 2 aliphatic rings. The molecule has 0 amide bonds. The van der Waals surface area contributed by atoms with Gasteiger partial charge in [0.1, 0.15) is 5.69 Å². The smallest absolute Gasteiger partial charge is 0.170 e. The molecule has 11 heteroatoms. The summed E-state index contributed by atoms with van der Waals surface area (Å²) >= 11 is 15.1. The maximum atomic E-state index is 6.73. The molecular formula is C26H25Cl2N6OPS. The third-order valence-electron chi connectivity index (χ3n) is 6.54. The topological polar surface area (TPSA) is 58.3 Å². The second-order valence-corrected chi connectivity index (χ2v) is 13.5. The fourth-order valence-electron chi connectivity index (χ4n) is 4.85. The lowest BCUT2D eigenvalue weighted by atomic mass is 10.3. The highest BCUT2D eigenvalue weighted by Crippen LogP contribution is 2.63. The minimum Gasteiger partial charge on any atom is -0.379 e. The van der Waals surface area contributed by atoms with E-state index in [1.165, 1.54) is 0 Å². The molecule has 4 heterocycles. The molecule has 0 bridgehead atoms. The number of amidine groups is 1. The fraction of sp³-hybridized carbons (Fsp3) is 0.231. The highest BCUT2D eigenvalue weighted by molar-refractivity contribution is 7.70. The first-order valence-electron chi connectivity index (χ1n) is 11.9. The van der Waals surface area contributed by atoms with Crippen molar-refractivity contribution in [2.24, 2.45) is 9.74 Å². The lowest BCUT2D eigenvalue weighted by Crippen LogP contribution is -2.45. The van der Waals surface area contributed by atoms with Crippen LogP contribution in [0.15, 0.2) is 75.8 Å². The van der Waals surface area contributed by atoms with Crippen LogP contribution in [0.2, 0.25) is 10.0 Å². The molecule has 1 fully saturated rings. The van der Waals surface area contributed by atoms with Crippen molar-refractivity contribution in [1.29, 1.82) is 0 Å². The molecule has 0 radical (unpaired) electrons. The van der Waals surface area contributed by atoms with E-state index in [0.29, 0.717) is 28.9 Å². The van der Waals surface area contributed by atoms with Gasteiger partial charge in [-0.05, 0) is 42.6 Å². The Morgan fingerprint density at radius 1 is 0.973 bits per heavy atom. The Bertz CT molecular complexity index is 1510. The molecule has 7 nitrogen and oxygen atoms in total. The molecule has 0 spiro atoms. The summed E-state index contributed by atoms with van der Waals surface area (Å²) in [7, 11) is -0.640. The van der Waals surface area contributed by atoms with E-state index in [1.54, 1.807) is 11.3 Å². The molecule has 2 aliphatic heterocycles. The average molecular weight is 571 g/mol. The van der Waals surface area contributed by atoms with Crippen LogP contribution in [-0.4, -0.2) is 58.3 Å². The summed E-state index contributed by atoms with van der Waals surface area (Å²) in [4.78, 5) is 6.30. The minimum absolute atomic E-state index is 0.517. The fourth-order valence-corrected chi connectivity index (χ4v) is 10.1. The second kappa shape index (κ2) is 10.0. The number of morpholine rings is 1. The van der Waals surface area contributed by atoms with Crippen LogP contribution in [0.1, 0.15) is 10.6 Å². The number of aliphatic imine (C=N–C) groups is 1. The molecular weight excluding hydrogens is 546 g/mol. The summed E-state index contributed by atoms with van der Waals surface area (Å²) in [6, 6.07) is 19.8. The number of thiophene rings is 1. The predicted molar refractivity (Wildman–Crippen MR) is 154 cm³/mol. The van der Waals surface area contributed by atoms with Gasteiger partial charge in [-0.25, -0.2) is 19.1 Å². The van der Waals surface area contributed by atoms with Gasteiger partial charge in [0.25, 0.3) is 0 Å². The molecule has 4 aromatic rings. The zero-order chi connectivity index (χ0) is 25.6. The van der Waals surface area contributed by atoms with Crippen molar-refractivity contribution in [3.63, 3.8) is 0 Å². The van der Waals surface area contributed by atoms with Crippen LogP contribution in [0.4, 0.5) is 11.5 Å². The highest BCUT2D eigenvalue weighted by atomic mass is 35.5. The number of rotatable bonds is 4. The SMILES string of the molecule is Cc1nn(-c2ccccc2)c2c1[P@](=Nc1c(Cl)cccc1Cl)(N1CCOCC1)N(C)C(c1cccs1)=N2. The maximum Gasteiger partial charge on any atom is 0.170 e. The number of hydrogen-bond acceptors (Lipinski definition) is 5. The summed E-state index contributed by atoms with van der Waals surface area (Å²) < 4.78 is 17.9. The average Bonchev–Trinajstić information content (AvgIpc) is 3.57. The first-order chi connectivity index (χ1) is 18.0. The van der Waals surface area contributed by atoms with Crippen molar-refractivity contribution < 1.29 is 4.74 Å². The number of para-hydroxylation sites is 1. The molecule has 1 saturated heterocycles. The molecule has 1 atom stereocenters. The summed E-state index contributed by atoms with van der Waals surface area (Å²) in [5, 5.41) is 9.13. The van der Waals surface area contributed by atoms with Gasteiger partial charge in [-0.3, -0.25) is 0 Å². The summed E-state index contributed by atoms with van der Waals surface area (Å²) in [5.41, 5.74) is 2.41. The van der Waals surface area contributed by atoms with E-state index in [9.17, 15) is 0 Å². The van der Waals surface area contributed by atoms with Gasteiger partial charge in [-0.2, -0.15) is 5.10 Å². The number of benzene rings is 2. The monoisotopic (exact) mass is 570 g/mol. The zero-order valence-electron chi connectivity index (χ0n) is 20.4. The van der Waals surface area contributed by atoms with Gasteiger partial charge in [-0.1, -0.05) is 53.5 Å². The Labute approximate surface area is 230 Å². The van der Waals surface area contributed by atoms with Crippen LogP contribution in [0.5, 0.6) is 0 Å². The van der Waals surface area contributed by atoms with Crippen molar-refractivity contribution in [3.05, 3.63) is 86.7 Å². The number of nitrogens with zero attached hydrogens (tertiary/aromatic N) is 6. The van der Waals surface area contributed by atoms with E-state index in [2.05, 4.69) is 27.8 Å². The van der Waals surface area contributed by atoms with Crippen LogP contribution in [-0.2, 0) is 4.74 Å². The van der Waals surface area contributed by atoms with Crippen LogP contribution < -0.4 is 5.30 Å². The van der Waals surface area contributed by atoms with Gasteiger partial charge < -0.3 is 9.41 Å². The summed E-state index contributed by atoms with van der Waals surface area (Å²) in [5.74, 6) is 1.64. The molecule has 6 rings (SSSR count). The Morgan fingerprint density at radius 3 is 2.38 bits per heavy atom. The minimum atomic E-state index is -2.72. The highest BCUT2D eigenvalue weighted by Gasteiger charge is 2.46. The van der Waals surface area contributed by atoms with Crippen LogP contribution >= 0.6 is 41.9 Å². The van der Waals surface area contributed by atoms with Gasteiger partial charge in [0.2, 0.25) is 0 Å².